The average molecular weight is 338 g/mol. The van der Waals surface area contributed by atoms with E-state index in [1.54, 1.807) is 12.1 Å². The number of benzene rings is 1. The van der Waals surface area contributed by atoms with Crippen molar-refractivity contribution in [3.8, 4) is 6.01 Å². The van der Waals surface area contributed by atoms with Gasteiger partial charge in [0.25, 0.3) is 0 Å². The minimum Gasteiger partial charge on any atom is -0.459 e. The molecule has 0 saturated heterocycles. The quantitative estimate of drug-likeness (QED) is 0.625. The second-order valence-electron chi connectivity index (χ2n) is 5.38. The number of aromatic nitrogens is 2. The summed E-state index contributed by atoms with van der Waals surface area (Å²) in [6, 6.07) is 5.61. The number of rotatable bonds is 6. The van der Waals surface area contributed by atoms with Crippen molar-refractivity contribution in [2.45, 2.75) is 27.4 Å². The standard InChI is InChI=1S/C12H10F2N4O2.C4H10/c13-9-3-1-8(2-4-9)6-20-12-15-5-10(14)11(17-12)18-16-7-19;1-4(2)3/h1-5,7H,6H2,(H,16,19)(H,15,17,18);4H,1-3H3. The smallest absolute Gasteiger partial charge is 0.318 e. The van der Waals surface area contributed by atoms with Crippen LogP contribution < -0.4 is 15.6 Å². The first-order valence-corrected chi connectivity index (χ1v) is 7.27. The minimum atomic E-state index is -0.742. The summed E-state index contributed by atoms with van der Waals surface area (Å²) >= 11 is 0. The number of nitrogens with zero attached hydrogens (tertiary/aromatic N) is 2. The number of carbonyl (C=O) groups excluding carboxylic acids is 1. The highest BCUT2D eigenvalue weighted by Gasteiger charge is 2.07. The molecule has 2 N–H and O–H groups in total. The molecular weight excluding hydrogens is 318 g/mol. The number of anilines is 1. The van der Waals surface area contributed by atoms with Gasteiger partial charge in [0, 0.05) is 0 Å². The van der Waals surface area contributed by atoms with E-state index >= 15 is 0 Å². The van der Waals surface area contributed by atoms with E-state index in [-0.39, 0.29) is 24.3 Å². The molecule has 1 aromatic heterocycles. The van der Waals surface area contributed by atoms with Gasteiger partial charge < -0.3 is 4.74 Å². The second kappa shape index (κ2) is 10.1. The van der Waals surface area contributed by atoms with E-state index in [4.69, 9.17) is 4.74 Å². The molecule has 0 fully saturated rings. The number of ether oxygens (including phenoxy) is 1. The molecule has 6 nitrogen and oxygen atoms in total. The number of halogens is 2. The van der Waals surface area contributed by atoms with Gasteiger partial charge in [-0.15, -0.1) is 0 Å². The van der Waals surface area contributed by atoms with E-state index in [9.17, 15) is 13.6 Å². The molecule has 0 unspecified atom stereocenters. The van der Waals surface area contributed by atoms with Gasteiger partial charge in [-0.2, -0.15) is 4.98 Å². The lowest BCUT2D eigenvalue weighted by Gasteiger charge is -2.07. The molecule has 8 heteroatoms. The summed E-state index contributed by atoms with van der Waals surface area (Å²) in [7, 11) is 0. The summed E-state index contributed by atoms with van der Waals surface area (Å²) < 4.78 is 31.2. The minimum absolute atomic E-state index is 0.0778. The molecule has 0 radical (unpaired) electrons. The monoisotopic (exact) mass is 338 g/mol. The Balaban J connectivity index is 0.000000648. The third kappa shape index (κ3) is 7.48. The zero-order valence-corrected chi connectivity index (χ0v) is 13.7. The van der Waals surface area contributed by atoms with Crippen LogP contribution in [0, 0.1) is 17.6 Å². The maximum Gasteiger partial charge on any atom is 0.318 e. The Hall–Kier alpha value is -2.77. The Bertz CT molecular complexity index is 634. The normalized spacial score (nSPS) is 9.75. The fourth-order valence-electron chi connectivity index (χ4n) is 1.33. The average Bonchev–Trinajstić information content (AvgIpc) is 2.54. The van der Waals surface area contributed by atoms with Crippen LogP contribution in [0.2, 0.25) is 0 Å². The SMILES string of the molecule is CC(C)C.O=CNNc1nc(OCc2ccc(F)cc2)ncc1F. The number of hydrazine groups is 1. The number of amides is 1. The van der Waals surface area contributed by atoms with Crippen LogP contribution in [0.3, 0.4) is 0 Å². The Morgan fingerprint density at radius 3 is 2.42 bits per heavy atom. The fraction of sp³-hybridized carbons (Fsp3) is 0.312. The van der Waals surface area contributed by atoms with E-state index in [1.165, 1.54) is 12.1 Å². The van der Waals surface area contributed by atoms with E-state index in [2.05, 4.69) is 41.6 Å². The molecule has 0 bridgehead atoms. The van der Waals surface area contributed by atoms with Crippen LogP contribution in [0.4, 0.5) is 14.6 Å². The lowest BCUT2D eigenvalue weighted by Crippen LogP contribution is -2.21. The number of nitrogens with one attached hydrogen (secondary N) is 2. The van der Waals surface area contributed by atoms with Gasteiger partial charge in [0.05, 0.1) is 6.20 Å². The molecule has 1 aromatic carbocycles. The first-order chi connectivity index (χ1) is 11.4. The zero-order valence-electron chi connectivity index (χ0n) is 13.7. The maximum atomic E-state index is 13.3. The van der Waals surface area contributed by atoms with Crippen LogP contribution in [0.1, 0.15) is 26.3 Å². The van der Waals surface area contributed by atoms with Crippen molar-refractivity contribution in [3.63, 3.8) is 0 Å². The Morgan fingerprint density at radius 2 is 1.83 bits per heavy atom. The molecule has 2 aromatic rings. The lowest BCUT2D eigenvalue weighted by atomic mass is 10.2. The molecule has 0 aliphatic heterocycles. The van der Waals surface area contributed by atoms with E-state index in [0.717, 1.165) is 12.1 Å². The van der Waals surface area contributed by atoms with E-state index < -0.39 is 5.82 Å². The molecular formula is C16H20F2N4O2. The highest BCUT2D eigenvalue weighted by Crippen LogP contribution is 2.13. The van der Waals surface area contributed by atoms with E-state index in [1.807, 2.05) is 0 Å². The highest BCUT2D eigenvalue weighted by molar-refractivity contribution is 5.50. The van der Waals surface area contributed by atoms with Gasteiger partial charge in [-0.25, -0.2) is 13.8 Å². The first kappa shape index (κ1) is 19.3. The van der Waals surface area contributed by atoms with Crippen LogP contribution in [0.15, 0.2) is 30.5 Å². The van der Waals surface area contributed by atoms with Crippen molar-refractivity contribution >= 4 is 12.2 Å². The predicted octanol–water partition coefficient (Wildman–Crippen LogP) is 3.07. The van der Waals surface area contributed by atoms with Gasteiger partial charge in [0.1, 0.15) is 12.4 Å². The summed E-state index contributed by atoms with van der Waals surface area (Å²) in [6.45, 7) is 6.60. The lowest BCUT2D eigenvalue weighted by molar-refractivity contribution is -0.109. The predicted molar refractivity (Wildman–Crippen MR) is 86.1 cm³/mol. The molecule has 0 saturated carbocycles. The Morgan fingerprint density at radius 1 is 1.21 bits per heavy atom. The summed E-state index contributed by atoms with van der Waals surface area (Å²) in [5.74, 6) is -0.479. The third-order valence-electron chi connectivity index (χ3n) is 2.25. The topological polar surface area (TPSA) is 76.1 Å². The van der Waals surface area contributed by atoms with Crippen molar-refractivity contribution < 1.29 is 18.3 Å². The summed E-state index contributed by atoms with van der Waals surface area (Å²) in [5.41, 5.74) is 5.00. The molecule has 0 aliphatic carbocycles. The van der Waals surface area contributed by atoms with Crippen molar-refractivity contribution in [1.29, 1.82) is 0 Å². The van der Waals surface area contributed by atoms with Gasteiger partial charge in [-0.3, -0.25) is 15.6 Å². The fourth-order valence-corrected chi connectivity index (χ4v) is 1.33. The van der Waals surface area contributed by atoms with Crippen molar-refractivity contribution in [2.24, 2.45) is 5.92 Å². The van der Waals surface area contributed by atoms with Crippen molar-refractivity contribution in [3.05, 3.63) is 47.7 Å². The van der Waals surface area contributed by atoms with E-state index in [0.29, 0.717) is 12.0 Å². The number of hydrogen-bond acceptors (Lipinski definition) is 5. The molecule has 2 rings (SSSR count). The third-order valence-corrected chi connectivity index (χ3v) is 2.25. The van der Waals surface area contributed by atoms with Gasteiger partial charge in [0.15, 0.2) is 11.6 Å². The van der Waals surface area contributed by atoms with Crippen LogP contribution in [-0.2, 0) is 11.4 Å². The van der Waals surface area contributed by atoms with Gasteiger partial charge in [-0.05, 0) is 23.6 Å². The Kier molecular flexibility index (Phi) is 8.10. The second-order valence-corrected chi connectivity index (χ2v) is 5.38. The molecule has 24 heavy (non-hydrogen) atoms. The molecule has 0 spiro atoms. The van der Waals surface area contributed by atoms with Crippen LogP contribution in [0.5, 0.6) is 6.01 Å². The number of carbonyl (C=O) groups is 1. The largest absolute Gasteiger partial charge is 0.459 e. The van der Waals surface area contributed by atoms with Crippen LogP contribution >= 0.6 is 0 Å². The van der Waals surface area contributed by atoms with Crippen molar-refractivity contribution in [2.75, 3.05) is 5.43 Å². The summed E-state index contributed by atoms with van der Waals surface area (Å²) in [5, 5.41) is 0. The molecule has 1 amide bonds. The van der Waals surface area contributed by atoms with Gasteiger partial charge >= 0.3 is 6.01 Å². The van der Waals surface area contributed by atoms with Gasteiger partial charge in [-0.1, -0.05) is 32.9 Å². The number of hydrogen-bond donors (Lipinski definition) is 2. The molecule has 0 aliphatic rings. The molecule has 0 atom stereocenters. The highest BCUT2D eigenvalue weighted by atomic mass is 19.1. The van der Waals surface area contributed by atoms with Crippen LogP contribution in [0.25, 0.3) is 0 Å². The molecule has 1 heterocycles. The first-order valence-electron chi connectivity index (χ1n) is 7.27. The van der Waals surface area contributed by atoms with Crippen molar-refractivity contribution in [1.82, 2.24) is 15.4 Å². The molecule has 130 valence electrons. The Labute approximate surface area is 139 Å². The summed E-state index contributed by atoms with van der Waals surface area (Å²) in [6.07, 6.45) is 1.24. The maximum absolute atomic E-state index is 13.3. The van der Waals surface area contributed by atoms with Crippen LogP contribution in [-0.4, -0.2) is 16.4 Å². The zero-order chi connectivity index (χ0) is 17.9. The summed E-state index contributed by atoms with van der Waals surface area (Å²) in [4.78, 5) is 17.5. The van der Waals surface area contributed by atoms with Gasteiger partial charge in [0.2, 0.25) is 6.41 Å².